The van der Waals surface area contributed by atoms with Gasteiger partial charge >= 0.3 is 0 Å². The smallest absolute Gasteiger partial charge is 0.271 e. The lowest BCUT2D eigenvalue weighted by Gasteiger charge is -2.34. The highest BCUT2D eigenvalue weighted by Crippen LogP contribution is 2.27. The molecule has 7 nitrogen and oxygen atoms in total. The van der Waals surface area contributed by atoms with Gasteiger partial charge in [-0.2, -0.15) is 0 Å². The van der Waals surface area contributed by atoms with E-state index in [9.17, 15) is 9.59 Å². The average Bonchev–Trinajstić information content (AvgIpc) is 3.22. The molecular weight excluding hydrogens is 414 g/mol. The Bertz CT molecular complexity index is 906. The number of nitrogens with zero attached hydrogens (tertiary/aromatic N) is 1. The Balaban J connectivity index is 1.58. The minimum atomic E-state index is -0.461. The van der Waals surface area contributed by atoms with Gasteiger partial charge in [0.25, 0.3) is 5.91 Å². The van der Waals surface area contributed by atoms with Crippen LogP contribution in [-0.2, 0) is 11.4 Å². The number of hydrogen-bond donors (Lipinski definition) is 2. The summed E-state index contributed by atoms with van der Waals surface area (Å²) in [7, 11) is 1.59. The molecule has 1 aliphatic rings. The Hall–Kier alpha value is -2.61. The maximum absolute atomic E-state index is 12.8. The van der Waals surface area contributed by atoms with Crippen LogP contribution in [0.2, 0.25) is 0 Å². The molecule has 1 fully saturated rings. The van der Waals surface area contributed by atoms with Crippen LogP contribution in [0.25, 0.3) is 0 Å². The molecule has 1 aliphatic carbocycles. The summed E-state index contributed by atoms with van der Waals surface area (Å²) in [6.07, 6.45) is 3.78. The number of nitrogens with one attached hydrogen (secondary N) is 2. The third-order valence-corrected chi connectivity index (χ3v) is 6.11. The van der Waals surface area contributed by atoms with E-state index in [0.29, 0.717) is 22.2 Å². The molecule has 1 aromatic carbocycles. The highest BCUT2D eigenvalue weighted by atomic mass is 32.1. The zero-order chi connectivity index (χ0) is 22.4. The van der Waals surface area contributed by atoms with Crippen LogP contribution in [0.15, 0.2) is 29.6 Å². The van der Waals surface area contributed by atoms with Crippen LogP contribution < -0.4 is 20.1 Å². The number of rotatable bonds is 7. The predicted molar refractivity (Wildman–Crippen MR) is 121 cm³/mol. The summed E-state index contributed by atoms with van der Waals surface area (Å²) in [5.74, 6) is 1.06. The van der Waals surface area contributed by atoms with Gasteiger partial charge in [0.1, 0.15) is 17.3 Å². The normalized spacial score (nSPS) is 18.8. The predicted octanol–water partition coefficient (Wildman–Crippen LogP) is 3.93. The van der Waals surface area contributed by atoms with Crippen LogP contribution in [-0.4, -0.2) is 36.0 Å². The molecule has 2 atom stereocenters. The molecule has 0 bridgehead atoms. The number of para-hydroxylation sites is 2. The Kier molecular flexibility index (Phi) is 7.54. The van der Waals surface area contributed by atoms with Crippen molar-refractivity contribution in [1.29, 1.82) is 0 Å². The van der Waals surface area contributed by atoms with Crippen molar-refractivity contribution in [2.45, 2.75) is 65.1 Å². The van der Waals surface area contributed by atoms with Crippen LogP contribution in [0, 0.1) is 5.41 Å². The van der Waals surface area contributed by atoms with Gasteiger partial charge in [0.05, 0.1) is 7.11 Å². The molecule has 1 saturated carbocycles. The largest absolute Gasteiger partial charge is 0.493 e. The molecule has 31 heavy (non-hydrogen) atoms. The number of ether oxygens (including phenoxy) is 2. The van der Waals surface area contributed by atoms with Gasteiger partial charge in [-0.05, 0) is 25.0 Å². The van der Waals surface area contributed by atoms with Crippen LogP contribution in [0.5, 0.6) is 11.5 Å². The quantitative estimate of drug-likeness (QED) is 0.674. The van der Waals surface area contributed by atoms with E-state index < -0.39 is 5.41 Å². The van der Waals surface area contributed by atoms with Crippen molar-refractivity contribution in [2.75, 3.05) is 7.11 Å². The molecule has 1 heterocycles. The van der Waals surface area contributed by atoms with E-state index in [2.05, 4.69) is 15.6 Å². The van der Waals surface area contributed by atoms with Crippen molar-refractivity contribution in [1.82, 2.24) is 15.6 Å². The summed E-state index contributed by atoms with van der Waals surface area (Å²) in [4.78, 5) is 29.6. The summed E-state index contributed by atoms with van der Waals surface area (Å²) in [5, 5.41) is 8.64. The second-order valence-corrected chi connectivity index (χ2v) is 9.70. The van der Waals surface area contributed by atoms with Crippen molar-refractivity contribution in [2.24, 2.45) is 5.41 Å². The Morgan fingerprint density at radius 2 is 1.74 bits per heavy atom. The molecule has 0 radical (unpaired) electrons. The lowest BCUT2D eigenvalue weighted by Crippen LogP contribution is -2.55. The van der Waals surface area contributed by atoms with E-state index in [-0.39, 0.29) is 30.5 Å². The van der Waals surface area contributed by atoms with Gasteiger partial charge in [-0.25, -0.2) is 4.98 Å². The molecular formula is C23H31N3O4S. The van der Waals surface area contributed by atoms with Crippen LogP contribution in [0.3, 0.4) is 0 Å². The summed E-state index contributed by atoms with van der Waals surface area (Å²) in [6.45, 7) is 5.93. The van der Waals surface area contributed by atoms with Crippen LogP contribution >= 0.6 is 11.3 Å². The van der Waals surface area contributed by atoms with Gasteiger partial charge in [0.15, 0.2) is 11.5 Å². The SMILES string of the molecule is COc1ccccc1OCc1nc(C(=O)NC2CCCCC2NC(=O)C(C)(C)C)cs1. The molecule has 1 aromatic heterocycles. The number of aromatic nitrogens is 1. The number of hydrogen-bond acceptors (Lipinski definition) is 6. The third kappa shape index (κ3) is 6.19. The highest BCUT2D eigenvalue weighted by Gasteiger charge is 2.31. The lowest BCUT2D eigenvalue weighted by atomic mass is 9.88. The fourth-order valence-corrected chi connectivity index (χ4v) is 4.15. The first-order chi connectivity index (χ1) is 14.8. The van der Waals surface area contributed by atoms with Gasteiger partial charge < -0.3 is 20.1 Å². The first-order valence-electron chi connectivity index (χ1n) is 10.6. The first-order valence-corrected chi connectivity index (χ1v) is 11.5. The molecule has 2 N–H and O–H groups in total. The minimum absolute atomic E-state index is 0.00285. The Morgan fingerprint density at radius 1 is 1.10 bits per heavy atom. The molecule has 3 rings (SSSR count). The first kappa shape index (κ1) is 23.1. The van der Waals surface area contributed by atoms with E-state index in [1.807, 2.05) is 45.0 Å². The number of methoxy groups -OCH3 is 1. The molecule has 2 aromatic rings. The molecule has 0 aliphatic heterocycles. The number of carbonyl (C=O) groups is 2. The number of thiazole rings is 1. The third-order valence-electron chi connectivity index (χ3n) is 5.28. The Labute approximate surface area is 187 Å². The minimum Gasteiger partial charge on any atom is -0.493 e. The van der Waals surface area contributed by atoms with Crippen molar-refractivity contribution < 1.29 is 19.1 Å². The zero-order valence-corrected chi connectivity index (χ0v) is 19.4. The maximum atomic E-state index is 12.8. The van der Waals surface area contributed by atoms with Gasteiger partial charge in [-0.15, -0.1) is 11.3 Å². The van der Waals surface area contributed by atoms with E-state index in [4.69, 9.17) is 9.47 Å². The monoisotopic (exact) mass is 445 g/mol. The maximum Gasteiger partial charge on any atom is 0.271 e. The molecule has 2 amide bonds. The molecule has 0 spiro atoms. The summed E-state index contributed by atoms with van der Waals surface area (Å²) in [6, 6.07) is 7.25. The standard InChI is InChI=1S/C23H31N3O4S/c1-23(2,3)22(28)26-16-10-6-5-9-15(16)25-21(27)17-14-31-20(24-17)13-30-19-12-8-7-11-18(19)29-4/h7-8,11-12,14-16H,5-6,9-10,13H2,1-4H3,(H,25,27)(H,26,28). The fourth-order valence-electron chi connectivity index (χ4n) is 3.46. The molecule has 8 heteroatoms. The molecule has 0 saturated heterocycles. The summed E-state index contributed by atoms with van der Waals surface area (Å²) >= 11 is 1.38. The van der Waals surface area contributed by atoms with Gasteiger partial charge in [-0.3, -0.25) is 9.59 Å². The van der Waals surface area contributed by atoms with Gasteiger partial charge in [0, 0.05) is 22.9 Å². The number of carbonyl (C=O) groups excluding carboxylic acids is 2. The van der Waals surface area contributed by atoms with E-state index in [1.165, 1.54) is 11.3 Å². The molecule has 168 valence electrons. The molecule has 2 unspecified atom stereocenters. The van der Waals surface area contributed by atoms with Crippen molar-refractivity contribution in [3.05, 3.63) is 40.3 Å². The number of amides is 2. The fraction of sp³-hybridized carbons (Fsp3) is 0.522. The van der Waals surface area contributed by atoms with Crippen LogP contribution in [0.1, 0.15) is 62.0 Å². The topological polar surface area (TPSA) is 89.6 Å². The highest BCUT2D eigenvalue weighted by molar-refractivity contribution is 7.09. The summed E-state index contributed by atoms with van der Waals surface area (Å²) in [5.41, 5.74) is -0.0906. The second kappa shape index (κ2) is 10.1. The van der Waals surface area contributed by atoms with E-state index in [0.717, 1.165) is 25.7 Å². The Morgan fingerprint density at radius 3 is 2.39 bits per heavy atom. The van der Waals surface area contributed by atoms with E-state index in [1.54, 1.807) is 12.5 Å². The van der Waals surface area contributed by atoms with Gasteiger partial charge in [0.2, 0.25) is 5.91 Å². The lowest BCUT2D eigenvalue weighted by molar-refractivity contribution is -0.129. The number of benzene rings is 1. The second-order valence-electron chi connectivity index (χ2n) is 8.76. The van der Waals surface area contributed by atoms with Gasteiger partial charge in [-0.1, -0.05) is 45.7 Å². The summed E-state index contributed by atoms with van der Waals surface area (Å²) < 4.78 is 11.1. The zero-order valence-electron chi connectivity index (χ0n) is 18.6. The van der Waals surface area contributed by atoms with Crippen LogP contribution in [0.4, 0.5) is 0 Å². The van der Waals surface area contributed by atoms with Crippen molar-refractivity contribution >= 4 is 23.2 Å². The average molecular weight is 446 g/mol. The van der Waals surface area contributed by atoms with Crippen molar-refractivity contribution in [3.8, 4) is 11.5 Å². The van der Waals surface area contributed by atoms with E-state index >= 15 is 0 Å². The van der Waals surface area contributed by atoms with Crippen molar-refractivity contribution in [3.63, 3.8) is 0 Å².